The predicted octanol–water partition coefficient (Wildman–Crippen LogP) is 3.41. The smallest absolute Gasteiger partial charge is 0.242 e. The number of sulfonamides is 1. The standard InChI is InChI=1S/C14H22Cl2N2O2S/c1-9(2)14(3,4)8-18-21(19,20)12-6-11(15)5-10(7-17)13(12)16/h5-6,9,18H,7-8,17H2,1-4H3. The van der Waals surface area contributed by atoms with E-state index in [0.29, 0.717) is 23.0 Å². The van der Waals surface area contributed by atoms with E-state index in [-0.39, 0.29) is 21.9 Å². The zero-order valence-corrected chi connectivity index (χ0v) is 15.0. The Hall–Kier alpha value is -0.330. The molecule has 0 aliphatic heterocycles. The summed E-state index contributed by atoms with van der Waals surface area (Å²) in [7, 11) is -3.73. The Morgan fingerprint density at radius 2 is 1.86 bits per heavy atom. The lowest BCUT2D eigenvalue weighted by Crippen LogP contribution is -2.37. The van der Waals surface area contributed by atoms with Gasteiger partial charge >= 0.3 is 0 Å². The van der Waals surface area contributed by atoms with Gasteiger partial charge < -0.3 is 5.73 Å². The summed E-state index contributed by atoms with van der Waals surface area (Å²) in [6.07, 6.45) is 0. The third-order valence-corrected chi connectivity index (χ3v) is 6.07. The number of rotatable bonds is 6. The fourth-order valence-corrected chi connectivity index (χ4v) is 3.69. The first-order chi connectivity index (χ1) is 9.51. The second-order valence-electron chi connectivity index (χ2n) is 6.05. The van der Waals surface area contributed by atoms with Crippen LogP contribution in [0.15, 0.2) is 17.0 Å². The Balaban J connectivity index is 3.12. The molecule has 0 atom stereocenters. The molecule has 0 amide bonds. The van der Waals surface area contributed by atoms with E-state index in [1.54, 1.807) is 6.07 Å². The van der Waals surface area contributed by atoms with Crippen LogP contribution in [0.25, 0.3) is 0 Å². The molecule has 0 aromatic heterocycles. The SMILES string of the molecule is CC(C)C(C)(C)CNS(=O)(=O)c1cc(Cl)cc(CN)c1Cl. The average molecular weight is 353 g/mol. The molecule has 0 fully saturated rings. The lowest BCUT2D eigenvalue weighted by atomic mass is 9.81. The van der Waals surface area contributed by atoms with Gasteiger partial charge in [-0.3, -0.25) is 0 Å². The third-order valence-electron chi connectivity index (χ3n) is 3.87. The minimum absolute atomic E-state index is 0.0309. The Bertz CT molecular complexity index is 614. The summed E-state index contributed by atoms with van der Waals surface area (Å²) in [4.78, 5) is -0.0309. The van der Waals surface area contributed by atoms with Gasteiger partial charge in [0.25, 0.3) is 0 Å². The van der Waals surface area contributed by atoms with Crippen LogP contribution in [0.2, 0.25) is 10.0 Å². The van der Waals surface area contributed by atoms with Crippen molar-refractivity contribution in [2.45, 2.75) is 39.1 Å². The molecule has 0 saturated carbocycles. The number of nitrogens with two attached hydrogens (primary N) is 1. The van der Waals surface area contributed by atoms with E-state index in [9.17, 15) is 8.42 Å². The van der Waals surface area contributed by atoms with Crippen molar-refractivity contribution in [2.24, 2.45) is 17.1 Å². The van der Waals surface area contributed by atoms with Gasteiger partial charge in [-0.15, -0.1) is 0 Å². The molecule has 3 N–H and O–H groups in total. The van der Waals surface area contributed by atoms with Gasteiger partial charge in [0.1, 0.15) is 4.90 Å². The van der Waals surface area contributed by atoms with Crippen LogP contribution in [0.1, 0.15) is 33.3 Å². The molecule has 0 unspecified atom stereocenters. The van der Waals surface area contributed by atoms with Crippen molar-refractivity contribution in [1.82, 2.24) is 4.72 Å². The number of hydrogen-bond acceptors (Lipinski definition) is 3. The summed E-state index contributed by atoms with van der Waals surface area (Å²) in [5, 5.41) is 0.417. The van der Waals surface area contributed by atoms with E-state index < -0.39 is 10.0 Å². The minimum atomic E-state index is -3.73. The van der Waals surface area contributed by atoms with Gasteiger partial charge in [-0.1, -0.05) is 50.9 Å². The lowest BCUT2D eigenvalue weighted by molar-refractivity contribution is 0.252. The fraction of sp³-hybridized carbons (Fsp3) is 0.571. The minimum Gasteiger partial charge on any atom is -0.326 e. The van der Waals surface area contributed by atoms with E-state index in [1.165, 1.54) is 6.07 Å². The molecule has 0 bridgehead atoms. The van der Waals surface area contributed by atoms with Gasteiger partial charge in [-0.2, -0.15) is 0 Å². The van der Waals surface area contributed by atoms with Crippen LogP contribution in [0.4, 0.5) is 0 Å². The van der Waals surface area contributed by atoms with Crippen LogP contribution >= 0.6 is 23.2 Å². The first-order valence-corrected chi connectivity index (χ1v) is 8.93. The molecule has 0 aliphatic rings. The number of benzene rings is 1. The van der Waals surface area contributed by atoms with Crippen molar-refractivity contribution in [3.05, 3.63) is 27.7 Å². The van der Waals surface area contributed by atoms with Crippen molar-refractivity contribution in [3.8, 4) is 0 Å². The van der Waals surface area contributed by atoms with Crippen molar-refractivity contribution < 1.29 is 8.42 Å². The largest absolute Gasteiger partial charge is 0.326 e. The summed E-state index contributed by atoms with van der Waals surface area (Å²) in [5.41, 5.74) is 5.89. The summed E-state index contributed by atoms with van der Waals surface area (Å²) in [6, 6.07) is 2.91. The molecule has 1 aromatic rings. The van der Waals surface area contributed by atoms with Crippen molar-refractivity contribution in [1.29, 1.82) is 0 Å². The zero-order chi connectivity index (χ0) is 16.4. The maximum Gasteiger partial charge on any atom is 0.242 e. The van der Waals surface area contributed by atoms with Crippen LogP contribution in [-0.4, -0.2) is 15.0 Å². The van der Waals surface area contributed by atoms with Crippen LogP contribution < -0.4 is 10.5 Å². The summed E-state index contributed by atoms with van der Waals surface area (Å²) in [6.45, 7) is 8.55. The predicted molar refractivity (Wildman–Crippen MR) is 88.2 cm³/mol. The van der Waals surface area contributed by atoms with E-state index in [1.807, 2.05) is 27.7 Å². The van der Waals surface area contributed by atoms with Gasteiger partial charge in [0, 0.05) is 18.1 Å². The average Bonchev–Trinajstić information content (AvgIpc) is 2.38. The van der Waals surface area contributed by atoms with Gasteiger partial charge in [-0.05, 0) is 29.0 Å². The molecule has 7 heteroatoms. The molecule has 4 nitrogen and oxygen atoms in total. The zero-order valence-electron chi connectivity index (χ0n) is 12.7. The molecular weight excluding hydrogens is 331 g/mol. The normalized spacial score (nSPS) is 13.0. The second kappa shape index (κ2) is 6.84. The highest BCUT2D eigenvalue weighted by molar-refractivity contribution is 7.89. The Morgan fingerprint density at radius 3 is 2.33 bits per heavy atom. The first-order valence-electron chi connectivity index (χ1n) is 6.69. The number of hydrogen-bond donors (Lipinski definition) is 2. The second-order valence-corrected chi connectivity index (χ2v) is 8.60. The van der Waals surface area contributed by atoms with Gasteiger partial charge in [-0.25, -0.2) is 13.1 Å². The molecule has 0 radical (unpaired) electrons. The van der Waals surface area contributed by atoms with Crippen LogP contribution in [0, 0.1) is 11.3 Å². The molecule has 1 aromatic carbocycles. The molecule has 21 heavy (non-hydrogen) atoms. The number of nitrogens with one attached hydrogen (secondary N) is 1. The molecule has 1 rings (SSSR count). The first kappa shape index (κ1) is 18.7. The molecule has 0 saturated heterocycles. The summed E-state index contributed by atoms with van der Waals surface area (Å²) >= 11 is 12.1. The van der Waals surface area contributed by atoms with E-state index in [0.717, 1.165) is 0 Å². The Kier molecular flexibility index (Phi) is 6.09. The maximum absolute atomic E-state index is 12.4. The van der Waals surface area contributed by atoms with Crippen molar-refractivity contribution in [2.75, 3.05) is 6.54 Å². The Labute approximate surface area is 137 Å². The highest BCUT2D eigenvalue weighted by Gasteiger charge is 2.27. The Morgan fingerprint density at radius 1 is 1.29 bits per heavy atom. The lowest BCUT2D eigenvalue weighted by Gasteiger charge is -2.29. The fourth-order valence-electron chi connectivity index (χ4n) is 1.53. The topological polar surface area (TPSA) is 72.2 Å². The monoisotopic (exact) mass is 352 g/mol. The van der Waals surface area contributed by atoms with Crippen LogP contribution in [0.5, 0.6) is 0 Å². The molecule has 120 valence electrons. The molecular formula is C14H22Cl2N2O2S. The summed E-state index contributed by atoms with van der Waals surface area (Å²) in [5.74, 6) is 0.328. The van der Waals surface area contributed by atoms with E-state index >= 15 is 0 Å². The van der Waals surface area contributed by atoms with Gasteiger partial charge in [0.05, 0.1) is 5.02 Å². The number of halogens is 2. The molecule has 0 aliphatic carbocycles. The van der Waals surface area contributed by atoms with Crippen molar-refractivity contribution in [3.63, 3.8) is 0 Å². The van der Waals surface area contributed by atoms with Crippen molar-refractivity contribution >= 4 is 33.2 Å². The van der Waals surface area contributed by atoms with Gasteiger partial charge in [0.2, 0.25) is 10.0 Å². The molecule has 0 spiro atoms. The summed E-state index contributed by atoms with van der Waals surface area (Å²) < 4.78 is 27.5. The highest BCUT2D eigenvalue weighted by atomic mass is 35.5. The van der Waals surface area contributed by atoms with Crippen LogP contribution in [-0.2, 0) is 16.6 Å². The quantitative estimate of drug-likeness (QED) is 0.823. The highest BCUT2D eigenvalue weighted by Crippen LogP contribution is 2.30. The van der Waals surface area contributed by atoms with Crippen LogP contribution in [0.3, 0.4) is 0 Å². The molecule has 0 heterocycles. The maximum atomic E-state index is 12.4. The van der Waals surface area contributed by atoms with E-state index in [2.05, 4.69) is 4.72 Å². The van der Waals surface area contributed by atoms with E-state index in [4.69, 9.17) is 28.9 Å². The third kappa shape index (κ3) is 4.57. The van der Waals surface area contributed by atoms with Gasteiger partial charge in [0.15, 0.2) is 0 Å².